The van der Waals surface area contributed by atoms with Crippen LogP contribution in [0.5, 0.6) is 0 Å². The van der Waals surface area contributed by atoms with E-state index in [-0.39, 0.29) is 24.1 Å². The Morgan fingerprint density at radius 3 is 2.86 bits per heavy atom. The van der Waals surface area contributed by atoms with E-state index in [9.17, 15) is 4.79 Å². The summed E-state index contributed by atoms with van der Waals surface area (Å²) in [6.07, 6.45) is 1.71. The molecule has 0 bridgehead atoms. The van der Waals surface area contributed by atoms with Gasteiger partial charge in [-0.1, -0.05) is 13.8 Å². The van der Waals surface area contributed by atoms with Crippen LogP contribution in [0.15, 0.2) is 0 Å². The second kappa shape index (κ2) is 8.11. The van der Waals surface area contributed by atoms with E-state index < -0.39 is 0 Å². The predicted molar refractivity (Wildman–Crippen MR) is 80.1 cm³/mol. The maximum absolute atomic E-state index is 12.1. The third kappa shape index (κ3) is 5.57. The van der Waals surface area contributed by atoms with Gasteiger partial charge in [0.1, 0.15) is 12.7 Å². The lowest BCUT2D eigenvalue weighted by molar-refractivity contribution is -0.160. The largest absolute Gasteiger partial charge is 0.463 e. The molecule has 0 aromatic heterocycles. The first kappa shape index (κ1) is 16.7. The number of rotatable bonds is 5. The van der Waals surface area contributed by atoms with E-state index in [1.165, 1.54) is 0 Å². The van der Waals surface area contributed by atoms with Crippen LogP contribution in [-0.2, 0) is 19.0 Å². The van der Waals surface area contributed by atoms with E-state index >= 15 is 0 Å². The summed E-state index contributed by atoms with van der Waals surface area (Å²) in [6.45, 7) is 11.1. The summed E-state index contributed by atoms with van der Waals surface area (Å²) in [5.74, 6) is 0.550. The summed E-state index contributed by atoms with van der Waals surface area (Å²) < 4.78 is 16.6. The monoisotopic (exact) mass is 299 g/mol. The lowest BCUT2D eigenvalue weighted by atomic mass is 9.96. The normalized spacial score (nSPS) is 31.3. The molecule has 5 heteroatoms. The van der Waals surface area contributed by atoms with Gasteiger partial charge in [-0.05, 0) is 25.7 Å². The van der Waals surface area contributed by atoms with Crippen molar-refractivity contribution in [3.8, 4) is 0 Å². The van der Waals surface area contributed by atoms with E-state index in [4.69, 9.17) is 14.2 Å². The van der Waals surface area contributed by atoms with Crippen LogP contribution in [0.4, 0.5) is 0 Å². The smallest absolute Gasteiger partial charge is 0.309 e. The van der Waals surface area contributed by atoms with Gasteiger partial charge in [-0.2, -0.15) is 0 Å². The first-order valence-electron chi connectivity index (χ1n) is 8.16. The van der Waals surface area contributed by atoms with Gasteiger partial charge < -0.3 is 14.2 Å². The van der Waals surface area contributed by atoms with Gasteiger partial charge in [0.05, 0.1) is 18.6 Å². The fourth-order valence-electron chi connectivity index (χ4n) is 3.07. The van der Waals surface area contributed by atoms with Crippen LogP contribution < -0.4 is 0 Å². The molecule has 0 N–H and O–H groups in total. The van der Waals surface area contributed by atoms with Crippen LogP contribution in [0.2, 0.25) is 0 Å². The number of carbonyl (C=O) groups excluding carboxylic acids is 1. The van der Waals surface area contributed by atoms with Crippen LogP contribution in [-0.4, -0.2) is 62.5 Å². The number of nitrogens with zero attached hydrogens (tertiary/aromatic N) is 1. The molecule has 5 nitrogen and oxygen atoms in total. The first-order chi connectivity index (χ1) is 10.0. The third-order valence-corrected chi connectivity index (χ3v) is 4.08. The molecule has 2 rings (SSSR count). The van der Waals surface area contributed by atoms with Crippen LogP contribution in [0, 0.1) is 11.8 Å². The highest BCUT2D eigenvalue weighted by Gasteiger charge is 2.28. The minimum Gasteiger partial charge on any atom is -0.463 e. The number of hydrogen-bond acceptors (Lipinski definition) is 5. The molecule has 0 unspecified atom stereocenters. The number of hydrogen-bond donors (Lipinski definition) is 0. The predicted octanol–water partition coefficient (Wildman–Crippen LogP) is 1.70. The molecule has 0 aromatic carbocycles. The highest BCUT2D eigenvalue weighted by molar-refractivity contribution is 5.72. The molecule has 0 aromatic rings. The highest BCUT2D eigenvalue weighted by atomic mass is 16.6. The van der Waals surface area contributed by atoms with Crippen molar-refractivity contribution >= 4 is 5.97 Å². The lowest BCUT2D eigenvalue weighted by Crippen LogP contribution is -2.46. The Bertz CT molecular complexity index is 334. The molecule has 2 saturated heterocycles. The van der Waals surface area contributed by atoms with Crippen LogP contribution >= 0.6 is 0 Å². The van der Waals surface area contributed by atoms with Gasteiger partial charge in [0, 0.05) is 26.2 Å². The zero-order chi connectivity index (χ0) is 15.2. The summed E-state index contributed by atoms with van der Waals surface area (Å²) in [5.41, 5.74) is 0. The number of ether oxygens (including phenoxy) is 3. The number of esters is 1. The van der Waals surface area contributed by atoms with Gasteiger partial charge >= 0.3 is 5.97 Å². The number of carbonyl (C=O) groups is 1. The van der Waals surface area contributed by atoms with Crippen molar-refractivity contribution in [3.63, 3.8) is 0 Å². The Labute approximate surface area is 127 Å². The zero-order valence-corrected chi connectivity index (χ0v) is 13.5. The van der Waals surface area contributed by atoms with Gasteiger partial charge in [-0.3, -0.25) is 9.69 Å². The van der Waals surface area contributed by atoms with Gasteiger partial charge in [0.2, 0.25) is 0 Å². The first-order valence-corrected chi connectivity index (χ1v) is 8.16. The Kier molecular flexibility index (Phi) is 6.45. The maximum atomic E-state index is 12.1. The molecule has 2 aliphatic heterocycles. The Balaban J connectivity index is 1.70. The van der Waals surface area contributed by atoms with Crippen molar-refractivity contribution in [2.24, 2.45) is 11.8 Å². The molecule has 0 amide bonds. The molecule has 2 aliphatic rings. The molecule has 2 heterocycles. The molecule has 3 atom stereocenters. The second-order valence-corrected chi connectivity index (χ2v) is 6.68. The highest BCUT2D eigenvalue weighted by Crippen LogP contribution is 2.21. The van der Waals surface area contributed by atoms with Crippen molar-refractivity contribution in [1.82, 2.24) is 4.90 Å². The molecule has 21 heavy (non-hydrogen) atoms. The van der Waals surface area contributed by atoms with Gasteiger partial charge in [0.15, 0.2) is 0 Å². The minimum atomic E-state index is -0.0882. The van der Waals surface area contributed by atoms with Crippen molar-refractivity contribution in [1.29, 1.82) is 0 Å². The average molecular weight is 299 g/mol. The van der Waals surface area contributed by atoms with E-state index in [1.807, 2.05) is 6.92 Å². The quantitative estimate of drug-likeness (QED) is 0.723. The van der Waals surface area contributed by atoms with E-state index in [1.54, 1.807) is 0 Å². The minimum absolute atomic E-state index is 0.0101. The summed E-state index contributed by atoms with van der Waals surface area (Å²) in [6, 6.07) is 0. The SMILES string of the molecule is CC(C)CN1CCO[C@H](COC(=O)[C@H]2CCO[C@@H](C)C2)C1. The molecule has 0 spiro atoms. The van der Waals surface area contributed by atoms with Crippen LogP contribution in [0.1, 0.15) is 33.6 Å². The van der Waals surface area contributed by atoms with Crippen molar-refractivity contribution in [2.75, 3.05) is 39.5 Å². The number of morpholine rings is 1. The van der Waals surface area contributed by atoms with Crippen LogP contribution in [0.3, 0.4) is 0 Å². The molecule has 0 saturated carbocycles. The zero-order valence-electron chi connectivity index (χ0n) is 13.5. The van der Waals surface area contributed by atoms with Crippen molar-refractivity contribution < 1.29 is 19.0 Å². The average Bonchev–Trinajstić information content (AvgIpc) is 2.44. The fraction of sp³-hybridized carbons (Fsp3) is 0.938. The van der Waals surface area contributed by atoms with Gasteiger partial charge in [-0.15, -0.1) is 0 Å². The molecular formula is C16H29NO4. The Morgan fingerprint density at radius 2 is 2.14 bits per heavy atom. The fourth-order valence-corrected chi connectivity index (χ4v) is 3.07. The molecule has 2 fully saturated rings. The summed E-state index contributed by atoms with van der Waals surface area (Å²) in [5, 5.41) is 0. The maximum Gasteiger partial charge on any atom is 0.309 e. The van der Waals surface area contributed by atoms with E-state index in [2.05, 4.69) is 18.7 Å². The Hall–Kier alpha value is -0.650. The standard InChI is InChI=1S/C16H29NO4/c1-12(2)9-17-5-7-20-15(10-17)11-21-16(18)14-4-6-19-13(3)8-14/h12-15H,4-11H2,1-3H3/t13-,14-,15-/m0/s1. The van der Waals surface area contributed by atoms with E-state index in [0.717, 1.165) is 39.1 Å². The van der Waals surface area contributed by atoms with E-state index in [0.29, 0.717) is 19.1 Å². The lowest BCUT2D eigenvalue weighted by Gasteiger charge is -2.34. The van der Waals surface area contributed by atoms with Gasteiger partial charge in [0.25, 0.3) is 0 Å². The topological polar surface area (TPSA) is 48.0 Å². The summed E-state index contributed by atoms with van der Waals surface area (Å²) in [4.78, 5) is 14.5. The van der Waals surface area contributed by atoms with Gasteiger partial charge in [-0.25, -0.2) is 0 Å². The molecular weight excluding hydrogens is 270 g/mol. The molecule has 0 aliphatic carbocycles. The second-order valence-electron chi connectivity index (χ2n) is 6.68. The van der Waals surface area contributed by atoms with Crippen molar-refractivity contribution in [2.45, 2.75) is 45.8 Å². The summed E-state index contributed by atoms with van der Waals surface area (Å²) >= 11 is 0. The van der Waals surface area contributed by atoms with Crippen LogP contribution in [0.25, 0.3) is 0 Å². The summed E-state index contributed by atoms with van der Waals surface area (Å²) in [7, 11) is 0. The molecule has 0 radical (unpaired) electrons. The molecule has 122 valence electrons. The third-order valence-electron chi connectivity index (χ3n) is 4.08. The Morgan fingerprint density at radius 1 is 1.33 bits per heavy atom. The van der Waals surface area contributed by atoms with Crippen molar-refractivity contribution in [3.05, 3.63) is 0 Å².